The molecule has 0 aliphatic carbocycles. The van der Waals surface area contributed by atoms with E-state index in [-0.39, 0.29) is 0 Å². The molecule has 0 saturated carbocycles. The quantitative estimate of drug-likeness (QED) is 0.615. The van der Waals surface area contributed by atoms with Gasteiger partial charge in [0, 0.05) is 24.5 Å². The van der Waals surface area contributed by atoms with Gasteiger partial charge in [0.1, 0.15) is 5.03 Å². The first kappa shape index (κ1) is 12.8. The maximum atomic E-state index is 5.99. The number of aromatic nitrogens is 1. The summed E-state index contributed by atoms with van der Waals surface area (Å²) in [7, 11) is 0. The number of thioether (sulfide) groups is 1. The standard InChI is InChI=1S/C11H17ClN2S/c1-3-9(2)13-7-8-15-11-10(12)5-4-6-14-11/h4-6,9,13H,3,7-8H2,1-2H3. The van der Waals surface area contributed by atoms with Gasteiger partial charge in [0.15, 0.2) is 0 Å². The lowest BCUT2D eigenvalue weighted by Gasteiger charge is -2.10. The van der Waals surface area contributed by atoms with E-state index in [1.165, 1.54) is 0 Å². The number of nitrogens with zero attached hydrogens (tertiary/aromatic N) is 1. The molecule has 1 heterocycles. The predicted octanol–water partition coefficient (Wildman–Crippen LogP) is 3.22. The van der Waals surface area contributed by atoms with E-state index in [1.807, 2.05) is 12.1 Å². The molecule has 1 aromatic rings. The van der Waals surface area contributed by atoms with Crippen molar-refractivity contribution >= 4 is 23.4 Å². The molecule has 0 amide bonds. The Morgan fingerprint density at radius 2 is 2.40 bits per heavy atom. The molecule has 0 aliphatic rings. The molecule has 4 heteroatoms. The second-order valence-electron chi connectivity index (χ2n) is 3.40. The van der Waals surface area contributed by atoms with Gasteiger partial charge in [0.2, 0.25) is 0 Å². The van der Waals surface area contributed by atoms with Gasteiger partial charge in [-0.2, -0.15) is 0 Å². The number of hydrogen-bond donors (Lipinski definition) is 1. The zero-order valence-corrected chi connectivity index (χ0v) is 10.7. The number of nitrogens with one attached hydrogen (secondary N) is 1. The van der Waals surface area contributed by atoms with Crippen LogP contribution < -0.4 is 5.32 Å². The molecule has 1 atom stereocenters. The van der Waals surface area contributed by atoms with E-state index in [9.17, 15) is 0 Å². The fourth-order valence-electron chi connectivity index (χ4n) is 1.07. The molecule has 1 N–H and O–H groups in total. The number of hydrogen-bond acceptors (Lipinski definition) is 3. The molecule has 0 fully saturated rings. The van der Waals surface area contributed by atoms with Crippen LogP contribution in [0, 0.1) is 0 Å². The second-order valence-corrected chi connectivity index (χ2v) is 4.89. The van der Waals surface area contributed by atoms with Crippen molar-refractivity contribution < 1.29 is 0 Å². The third-order valence-corrected chi connectivity index (χ3v) is 3.59. The van der Waals surface area contributed by atoms with E-state index >= 15 is 0 Å². The molecule has 2 nitrogen and oxygen atoms in total. The first-order valence-electron chi connectivity index (χ1n) is 5.20. The summed E-state index contributed by atoms with van der Waals surface area (Å²) in [6, 6.07) is 4.31. The Balaban J connectivity index is 2.23. The molecule has 1 rings (SSSR count). The summed E-state index contributed by atoms with van der Waals surface area (Å²) in [5, 5.41) is 5.09. The Morgan fingerprint density at radius 3 is 3.07 bits per heavy atom. The Bertz CT molecular complexity index is 294. The van der Waals surface area contributed by atoms with Crippen molar-refractivity contribution in [2.75, 3.05) is 12.3 Å². The molecule has 1 aromatic heterocycles. The Morgan fingerprint density at radius 1 is 1.60 bits per heavy atom. The average Bonchev–Trinajstić information content (AvgIpc) is 2.26. The largest absolute Gasteiger partial charge is 0.313 e. The number of rotatable bonds is 6. The van der Waals surface area contributed by atoms with Gasteiger partial charge in [-0.15, -0.1) is 11.8 Å². The minimum absolute atomic E-state index is 0.588. The maximum Gasteiger partial charge on any atom is 0.115 e. The van der Waals surface area contributed by atoms with Gasteiger partial charge in [-0.1, -0.05) is 18.5 Å². The van der Waals surface area contributed by atoms with Crippen molar-refractivity contribution in [3.63, 3.8) is 0 Å². The lowest BCUT2D eigenvalue weighted by atomic mass is 10.3. The summed E-state index contributed by atoms with van der Waals surface area (Å²) in [6.45, 7) is 5.37. The summed E-state index contributed by atoms with van der Waals surface area (Å²) >= 11 is 7.68. The highest BCUT2D eigenvalue weighted by Crippen LogP contribution is 2.23. The molecular weight excluding hydrogens is 228 g/mol. The molecule has 0 saturated heterocycles. The van der Waals surface area contributed by atoms with E-state index in [1.54, 1.807) is 18.0 Å². The Labute approximate surface area is 101 Å². The van der Waals surface area contributed by atoms with E-state index in [4.69, 9.17) is 11.6 Å². The highest BCUT2D eigenvalue weighted by atomic mass is 35.5. The van der Waals surface area contributed by atoms with Gasteiger partial charge in [0.05, 0.1) is 5.02 Å². The highest BCUT2D eigenvalue weighted by Gasteiger charge is 2.01. The number of halogens is 1. The fourth-order valence-corrected chi connectivity index (χ4v) is 2.11. The summed E-state index contributed by atoms with van der Waals surface area (Å²) in [6.07, 6.45) is 2.94. The van der Waals surface area contributed by atoms with E-state index in [0.29, 0.717) is 6.04 Å². The summed E-state index contributed by atoms with van der Waals surface area (Å²) in [4.78, 5) is 4.22. The first-order chi connectivity index (χ1) is 7.24. The zero-order chi connectivity index (χ0) is 11.1. The van der Waals surface area contributed by atoms with Gasteiger partial charge in [-0.3, -0.25) is 0 Å². The minimum Gasteiger partial charge on any atom is -0.313 e. The molecule has 1 unspecified atom stereocenters. The van der Waals surface area contributed by atoms with Crippen molar-refractivity contribution in [3.8, 4) is 0 Å². The van der Waals surface area contributed by atoms with Crippen LogP contribution in [-0.4, -0.2) is 23.3 Å². The summed E-state index contributed by atoms with van der Waals surface area (Å²) in [5.41, 5.74) is 0. The summed E-state index contributed by atoms with van der Waals surface area (Å²) in [5.74, 6) is 1.00. The van der Waals surface area contributed by atoms with Crippen molar-refractivity contribution in [1.29, 1.82) is 0 Å². The van der Waals surface area contributed by atoms with E-state index in [2.05, 4.69) is 24.1 Å². The monoisotopic (exact) mass is 244 g/mol. The molecule has 15 heavy (non-hydrogen) atoms. The van der Waals surface area contributed by atoms with Crippen molar-refractivity contribution in [2.24, 2.45) is 0 Å². The van der Waals surface area contributed by atoms with Crippen LogP contribution in [0.1, 0.15) is 20.3 Å². The minimum atomic E-state index is 0.588. The van der Waals surface area contributed by atoms with Gasteiger partial charge >= 0.3 is 0 Å². The molecule has 0 radical (unpaired) electrons. The smallest absolute Gasteiger partial charge is 0.115 e. The van der Waals surface area contributed by atoms with Crippen LogP contribution >= 0.6 is 23.4 Å². The van der Waals surface area contributed by atoms with Gasteiger partial charge in [-0.25, -0.2) is 4.98 Å². The molecule has 84 valence electrons. The topological polar surface area (TPSA) is 24.9 Å². The van der Waals surface area contributed by atoms with E-state index in [0.717, 1.165) is 28.8 Å². The molecule has 0 aliphatic heterocycles. The Kier molecular flexibility index (Phi) is 6.06. The van der Waals surface area contributed by atoms with Crippen LogP contribution in [0.5, 0.6) is 0 Å². The van der Waals surface area contributed by atoms with Crippen LogP contribution in [0.4, 0.5) is 0 Å². The third kappa shape index (κ3) is 4.87. The first-order valence-corrected chi connectivity index (χ1v) is 6.57. The van der Waals surface area contributed by atoms with Crippen LogP contribution in [0.25, 0.3) is 0 Å². The fraction of sp³-hybridized carbons (Fsp3) is 0.545. The molecule has 0 aromatic carbocycles. The highest BCUT2D eigenvalue weighted by molar-refractivity contribution is 7.99. The lowest BCUT2D eigenvalue weighted by Crippen LogP contribution is -2.27. The molecular formula is C11H17ClN2S. The normalized spacial score (nSPS) is 12.7. The zero-order valence-electron chi connectivity index (χ0n) is 9.16. The molecule has 0 bridgehead atoms. The summed E-state index contributed by atoms with van der Waals surface area (Å²) < 4.78 is 0. The lowest BCUT2D eigenvalue weighted by molar-refractivity contribution is 0.555. The van der Waals surface area contributed by atoms with Crippen LogP contribution in [0.15, 0.2) is 23.4 Å². The van der Waals surface area contributed by atoms with Crippen LogP contribution in [0.2, 0.25) is 5.02 Å². The maximum absolute atomic E-state index is 5.99. The van der Waals surface area contributed by atoms with Crippen LogP contribution in [0.3, 0.4) is 0 Å². The van der Waals surface area contributed by atoms with Gasteiger partial charge < -0.3 is 5.32 Å². The second kappa shape index (κ2) is 7.09. The van der Waals surface area contributed by atoms with Crippen LogP contribution in [-0.2, 0) is 0 Å². The van der Waals surface area contributed by atoms with Crippen molar-refractivity contribution in [1.82, 2.24) is 10.3 Å². The predicted molar refractivity (Wildman–Crippen MR) is 67.7 cm³/mol. The van der Waals surface area contributed by atoms with Gasteiger partial charge in [0.25, 0.3) is 0 Å². The third-order valence-electron chi connectivity index (χ3n) is 2.17. The molecule has 0 spiro atoms. The SMILES string of the molecule is CCC(C)NCCSc1ncccc1Cl. The number of pyridine rings is 1. The van der Waals surface area contributed by atoms with E-state index < -0.39 is 0 Å². The Hall–Kier alpha value is -0.250. The van der Waals surface area contributed by atoms with Crippen molar-refractivity contribution in [2.45, 2.75) is 31.3 Å². The van der Waals surface area contributed by atoms with Gasteiger partial charge in [-0.05, 0) is 25.5 Å². The van der Waals surface area contributed by atoms with Crippen molar-refractivity contribution in [3.05, 3.63) is 23.4 Å². The average molecular weight is 245 g/mol.